The van der Waals surface area contributed by atoms with Gasteiger partial charge in [0.25, 0.3) is 0 Å². The van der Waals surface area contributed by atoms with Crippen LogP contribution in [0.5, 0.6) is 5.75 Å². The van der Waals surface area contributed by atoms with Gasteiger partial charge in [-0.25, -0.2) is 0 Å². The predicted octanol–water partition coefficient (Wildman–Crippen LogP) is 1.40. The number of rotatable bonds is 6. The highest BCUT2D eigenvalue weighted by Crippen LogP contribution is 2.27. The van der Waals surface area contributed by atoms with Crippen LogP contribution >= 0.6 is 0 Å². The molecule has 1 atom stereocenters. The monoisotopic (exact) mass is 263 g/mol. The molecule has 0 fully saturated rings. The van der Waals surface area contributed by atoms with Crippen LogP contribution in [0.3, 0.4) is 0 Å². The molecule has 1 aromatic rings. The summed E-state index contributed by atoms with van der Waals surface area (Å²) in [6.45, 7) is 4.72. The smallest absolute Gasteiger partial charge is 0.192 e. The fourth-order valence-electron chi connectivity index (χ4n) is 2.25. The van der Waals surface area contributed by atoms with Crippen LogP contribution in [0.25, 0.3) is 0 Å². The van der Waals surface area contributed by atoms with Crippen molar-refractivity contribution >= 4 is 5.96 Å². The number of aliphatic imine (C=N–C) groups is 1. The highest BCUT2D eigenvalue weighted by molar-refractivity contribution is 5.80. The van der Waals surface area contributed by atoms with E-state index in [0.29, 0.717) is 25.7 Å². The van der Waals surface area contributed by atoms with Gasteiger partial charge in [0.1, 0.15) is 5.75 Å². The number of hydrogen-bond donors (Lipinski definition) is 1. The Balaban J connectivity index is 2.13. The molecule has 1 aromatic carbocycles. The minimum absolute atomic E-state index is 0.176. The van der Waals surface area contributed by atoms with Crippen LogP contribution < -0.4 is 10.5 Å². The zero-order chi connectivity index (χ0) is 13.7. The van der Waals surface area contributed by atoms with Crippen molar-refractivity contribution in [3.05, 3.63) is 29.8 Å². The molecule has 0 amide bonds. The lowest BCUT2D eigenvalue weighted by atomic mass is 10.1. The number of methoxy groups -OCH3 is 1. The van der Waals surface area contributed by atoms with Crippen molar-refractivity contribution in [3.8, 4) is 5.75 Å². The quantitative estimate of drug-likeness (QED) is 0.843. The minimum Gasteiger partial charge on any atom is -0.494 e. The molecule has 0 spiro atoms. The van der Waals surface area contributed by atoms with Gasteiger partial charge in [0.2, 0.25) is 0 Å². The van der Waals surface area contributed by atoms with Crippen molar-refractivity contribution < 1.29 is 9.47 Å². The summed E-state index contributed by atoms with van der Waals surface area (Å²) >= 11 is 0. The highest BCUT2D eigenvalue weighted by atomic mass is 16.5. The Bertz CT molecular complexity index is 448. The zero-order valence-electron chi connectivity index (χ0n) is 11.5. The summed E-state index contributed by atoms with van der Waals surface area (Å²) in [5, 5.41) is 0. The molecule has 0 bridgehead atoms. The zero-order valence-corrected chi connectivity index (χ0v) is 11.5. The summed E-state index contributed by atoms with van der Waals surface area (Å²) in [7, 11) is 1.69. The Labute approximate surface area is 114 Å². The maximum absolute atomic E-state index is 5.93. The maximum Gasteiger partial charge on any atom is 0.192 e. The third-order valence-corrected chi connectivity index (χ3v) is 3.19. The normalized spacial score (nSPS) is 18.5. The third kappa shape index (κ3) is 3.17. The first kappa shape index (κ1) is 13.7. The average molecular weight is 263 g/mol. The number of nitrogens with zero attached hydrogens (tertiary/aromatic N) is 2. The average Bonchev–Trinajstić information content (AvgIpc) is 2.78. The summed E-state index contributed by atoms with van der Waals surface area (Å²) in [5.41, 5.74) is 7.11. The number of nitrogens with two attached hydrogens (primary N) is 1. The van der Waals surface area contributed by atoms with Gasteiger partial charge < -0.3 is 20.1 Å². The molecule has 5 nitrogen and oxygen atoms in total. The van der Waals surface area contributed by atoms with Crippen molar-refractivity contribution in [3.63, 3.8) is 0 Å². The van der Waals surface area contributed by atoms with Crippen molar-refractivity contribution in [2.24, 2.45) is 10.7 Å². The lowest BCUT2D eigenvalue weighted by molar-refractivity contribution is 0.166. The highest BCUT2D eigenvalue weighted by Gasteiger charge is 2.27. The van der Waals surface area contributed by atoms with E-state index in [1.165, 1.54) is 5.56 Å². The van der Waals surface area contributed by atoms with Crippen LogP contribution in [0.15, 0.2) is 29.3 Å². The lowest BCUT2D eigenvalue weighted by Crippen LogP contribution is -2.38. The molecule has 2 rings (SSSR count). The Kier molecular flexibility index (Phi) is 4.63. The molecular formula is C14H21N3O2. The first-order chi connectivity index (χ1) is 9.26. The maximum atomic E-state index is 5.93. The Morgan fingerprint density at radius 2 is 2.32 bits per heavy atom. The molecule has 0 radical (unpaired) electrons. The van der Waals surface area contributed by atoms with Gasteiger partial charge >= 0.3 is 0 Å². The molecular weight excluding hydrogens is 242 g/mol. The van der Waals surface area contributed by atoms with E-state index < -0.39 is 0 Å². The molecule has 1 aliphatic rings. The third-order valence-electron chi connectivity index (χ3n) is 3.19. The van der Waals surface area contributed by atoms with Gasteiger partial charge in [0.15, 0.2) is 5.96 Å². The van der Waals surface area contributed by atoms with E-state index in [0.717, 1.165) is 12.3 Å². The number of hydrogen-bond acceptors (Lipinski definition) is 5. The molecule has 104 valence electrons. The number of ether oxygens (including phenoxy) is 2. The Morgan fingerprint density at radius 1 is 1.47 bits per heavy atom. The van der Waals surface area contributed by atoms with E-state index in [1.54, 1.807) is 7.11 Å². The van der Waals surface area contributed by atoms with Gasteiger partial charge in [0.05, 0.1) is 25.8 Å². The summed E-state index contributed by atoms with van der Waals surface area (Å²) < 4.78 is 10.7. The standard InChI is InChI=1S/C14H21N3O2/c1-3-19-12-6-4-5-11(9-12)13-10-16-14(15)17(13)7-8-18-2/h4-6,9,13H,3,7-8,10H2,1-2H3,(H2,15,16). The van der Waals surface area contributed by atoms with E-state index in [-0.39, 0.29) is 6.04 Å². The first-order valence-electron chi connectivity index (χ1n) is 6.54. The second-order valence-corrected chi connectivity index (χ2v) is 4.41. The van der Waals surface area contributed by atoms with Crippen LogP contribution in [0.1, 0.15) is 18.5 Å². The molecule has 19 heavy (non-hydrogen) atoms. The molecule has 0 aromatic heterocycles. The Hall–Kier alpha value is -1.75. The van der Waals surface area contributed by atoms with Gasteiger partial charge in [-0.3, -0.25) is 4.99 Å². The lowest BCUT2D eigenvalue weighted by Gasteiger charge is -2.26. The molecule has 1 unspecified atom stereocenters. The van der Waals surface area contributed by atoms with Gasteiger partial charge in [0, 0.05) is 13.7 Å². The van der Waals surface area contributed by atoms with Gasteiger partial charge in [-0.05, 0) is 24.6 Å². The summed E-state index contributed by atoms with van der Waals surface area (Å²) in [6, 6.07) is 8.29. The van der Waals surface area contributed by atoms with Crippen molar-refractivity contribution in [1.29, 1.82) is 0 Å². The van der Waals surface area contributed by atoms with Crippen LogP contribution in [-0.2, 0) is 4.74 Å². The molecule has 0 saturated carbocycles. The van der Waals surface area contributed by atoms with Gasteiger partial charge in [-0.2, -0.15) is 0 Å². The minimum atomic E-state index is 0.176. The number of benzene rings is 1. The molecule has 0 aliphatic carbocycles. The van der Waals surface area contributed by atoms with E-state index in [1.807, 2.05) is 19.1 Å². The summed E-state index contributed by atoms with van der Waals surface area (Å²) in [5.74, 6) is 1.47. The van der Waals surface area contributed by atoms with Gasteiger partial charge in [-0.1, -0.05) is 12.1 Å². The molecule has 1 aliphatic heterocycles. The second-order valence-electron chi connectivity index (χ2n) is 4.41. The predicted molar refractivity (Wildman–Crippen MR) is 75.4 cm³/mol. The van der Waals surface area contributed by atoms with Crippen LogP contribution in [0.4, 0.5) is 0 Å². The molecule has 2 N–H and O–H groups in total. The second kappa shape index (κ2) is 6.43. The fraction of sp³-hybridized carbons (Fsp3) is 0.500. The first-order valence-corrected chi connectivity index (χ1v) is 6.54. The fourth-order valence-corrected chi connectivity index (χ4v) is 2.25. The van der Waals surface area contributed by atoms with E-state index in [4.69, 9.17) is 15.2 Å². The van der Waals surface area contributed by atoms with Crippen molar-refractivity contribution in [1.82, 2.24) is 4.90 Å². The topological polar surface area (TPSA) is 60.1 Å². The SMILES string of the molecule is CCOc1cccc(C2CN=C(N)N2CCOC)c1. The van der Waals surface area contributed by atoms with Crippen LogP contribution in [-0.4, -0.2) is 44.3 Å². The molecule has 0 saturated heterocycles. The van der Waals surface area contributed by atoms with Crippen molar-refractivity contribution in [2.45, 2.75) is 13.0 Å². The van der Waals surface area contributed by atoms with Crippen LogP contribution in [0, 0.1) is 0 Å². The summed E-state index contributed by atoms with van der Waals surface area (Å²) in [6.07, 6.45) is 0. The summed E-state index contributed by atoms with van der Waals surface area (Å²) in [4.78, 5) is 6.41. The number of guanidine groups is 1. The van der Waals surface area contributed by atoms with E-state index in [2.05, 4.69) is 22.0 Å². The van der Waals surface area contributed by atoms with E-state index in [9.17, 15) is 0 Å². The Morgan fingerprint density at radius 3 is 3.05 bits per heavy atom. The van der Waals surface area contributed by atoms with Crippen LogP contribution in [0.2, 0.25) is 0 Å². The molecule has 5 heteroatoms. The van der Waals surface area contributed by atoms with E-state index >= 15 is 0 Å². The molecule has 1 heterocycles. The van der Waals surface area contributed by atoms with Crippen molar-refractivity contribution in [2.75, 3.05) is 33.4 Å². The van der Waals surface area contributed by atoms with Gasteiger partial charge in [-0.15, -0.1) is 0 Å². The largest absolute Gasteiger partial charge is 0.494 e.